The van der Waals surface area contributed by atoms with E-state index in [4.69, 9.17) is 24.2 Å². The number of hydrogen-bond acceptors (Lipinski definition) is 8. The second kappa shape index (κ2) is 15.7. The van der Waals surface area contributed by atoms with Crippen molar-refractivity contribution in [3.8, 4) is 17.5 Å². The van der Waals surface area contributed by atoms with Crippen LogP contribution in [0.5, 0.6) is 17.5 Å². The summed E-state index contributed by atoms with van der Waals surface area (Å²) in [5.41, 5.74) is 6.36. The van der Waals surface area contributed by atoms with E-state index in [1.165, 1.54) is 6.92 Å². The van der Waals surface area contributed by atoms with Crippen LogP contribution in [0.25, 0.3) is 0 Å². The van der Waals surface area contributed by atoms with Crippen molar-refractivity contribution in [3.05, 3.63) is 112 Å². The molecule has 256 valence electrons. The number of hydrogen-bond donors (Lipinski definition) is 0. The first-order valence-corrected chi connectivity index (χ1v) is 16.5. The number of methoxy groups -OCH3 is 2. The molecule has 1 aromatic heterocycles. The third-order valence-electron chi connectivity index (χ3n) is 8.59. The third-order valence-corrected chi connectivity index (χ3v) is 8.59. The van der Waals surface area contributed by atoms with Crippen LogP contribution in [0.15, 0.2) is 73.3 Å². The first-order chi connectivity index (χ1) is 23.6. The third kappa shape index (κ3) is 8.02. The number of fused-ring (bicyclic) bond motifs is 1. The predicted octanol–water partition coefficient (Wildman–Crippen LogP) is 6.67. The summed E-state index contributed by atoms with van der Waals surface area (Å²) in [6, 6.07) is 20.0. The number of ether oxygens (including phenoxy) is 3. The molecule has 0 N–H and O–H groups in total. The summed E-state index contributed by atoms with van der Waals surface area (Å²) in [7, 11) is 5.10. The number of carbonyl (C=O) groups excluding carboxylic acids is 2. The van der Waals surface area contributed by atoms with E-state index in [-0.39, 0.29) is 24.4 Å². The molecule has 0 fully saturated rings. The van der Waals surface area contributed by atoms with Crippen molar-refractivity contribution >= 4 is 23.5 Å². The fourth-order valence-electron chi connectivity index (χ4n) is 6.05. The van der Waals surface area contributed by atoms with Gasteiger partial charge in [-0.25, -0.2) is 0 Å². The number of nitrogens with zero attached hydrogens (tertiary/aromatic N) is 5. The summed E-state index contributed by atoms with van der Waals surface area (Å²) in [5, 5.41) is 0. The molecule has 10 heteroatoms. The van der Waals surface area contributed by atoms with Crippen molar-refractivity contribution in [2.45, 2.75) is 59.8 Å². The summed E-state index contributed by atoms with van der Waals surface area (Å²) >= 11 is 0. The summed E-state index contributed by atoms with van der Waals surface area (Å²) in [6.07, 6.45) is 3.22. The zero-order chi connectivity index (χ0) is 35.1. The molecule has 1 aliphatic heterocycles. The first-order valence-electron chi connectivity index (χ1n) is 16.5. The molecular formula is C39H45N5O5. The van der Waals surface area contributed by atoms with Gasteiger partial charge in [-0.1, -0.05) is 43.3 Å². The van der Waals surface area contributed by atoms with Gasteiger partial charge < -0.3 is 24.0 Å². The Labute approximate surface area is 288 Å². The van der Waals surface area contributed by atoms with Crippen molar-refractivity contribution in [1.29, 1.82) is 0 Å². The molecule has 3 aromatic carbocycles. The Morgan fingerprint density at radius 1 is 0.918 bits per heavy atom. The molecule has 0 saturated heterocycles. The van der Waals surface area contributed by atoms with E-state index < -0.39 is 0 Å². The van der Waals surface area contributed by atoms with E-state index >= 15 is 0 Å². The molecule has 2 amide bonds. The van der Waals surface area contributed by atoms with Gasteiger partial charge in [0.05, 0.1) is 27.4 Å². The summed E-state index contributed by atoms with van der Waals surface area (Å²) < 4.78 is 16.8. The Kier molecular flexibility index (Phi) is 11.2. The van der Waals surface area contributed by atoms with Gasteiger partial charge in [-0.05, 0) is 77.9 Å². The van der Waals surface area contributed by atoms with Crippen LogP contribution in [-0.2, 0) is 37.4 Å². The predicted molar refractivity (Wildman–Crippen MR) is 191 cm³/mol. The Morgan fingerprint density at radius 3 is 2.04 bits per heavy atom. The van der Waals surface area contributed by atoms with E-state index in [0.29, 0.717) is 49.9 Å². The topological polar surface area (TPSA) is 97.3 Å². The van der Waals surface area contributed by atoms with Gasteiger partial charge in [0.2, 0.25) is 5.91 Å². The molecule has 0 aliphatic carbocycles. The average Bonchev–Trinajstić information content (AvgIpc) is 3.39. The molecule has 4 aromatic rings. The van der Waals surface area contributed by atoms with Gasteiger partial charge in [0.25, 0.3) is 5.91 Å². The van der Waals surface area contributed by atoms with Crippen LogP contribution in [0.4, 0.5) is 11.6 Å². The van der Waals surface area contributed by atoms with Crippen molar-refractivity contribution in [1.82, 2.24) is 14.9 Å². The van der Waals surface area contributed by atoms with E-state index in [0.717, 1.165) is 51.3 Å². The van der Waals surface area contributed by atoms with Crippen molar-refractivity contribution in [3.63, 3.8) is 0 Å². The standard InChI is InChI=1S/C39H45N5O5/c1-8-10-31-20-30(21-34-35(31)25-42(5)38(34)46)24-44(27(4)45)37-26(3)36(40-39(41-37)49-19-9-2)43(22-28-11-15-32(47-6)16-12-28)23-29-13-17-33(48-7)18-14-29/h8,11-18,20-21H,1,9-10,19,22-25H2,2-7H3. The summed E-state index contributed by atoms with van der Waals surface area (Å²) in [4.78, 5) is 41.8. The van der Waals surface area contributed by atoms with Gasteiger partial charge in [-0.15, -0.1) is 6.58 Å². The lowest BCUT2D eigenvalue weighted by Gasteiger charge is -2.29. The number of rotatable bonds is 15. The Morgan fingerprint density at radius 2 is 1.51 bits per heavy atom. The SMILES string of the molecule is C=CCc1cc(CN(C(C)=O)c2nc(OCCC)nc(N(Cc3ccc(OC)cc3)Cc3ccc(OC)cc3)c2C)cc2c1CN(C)C2=O. The van der Waals surface area contributed by atoms with E-state index in [1.807, 2.05) is 74.5 Å². The zero-order valence-electron chi connectivity index (χ0n) is 29.3. The highest BCUT2D eigenvalue weighted by Gasteiger charge is 2.29. The number of carbonyl (C=O) groups is 2. The smallest absolute Gasteiger partial charge is 0.320 e. The molecule has 10 nitrogen and oxygen atoms in total. The van der Waals surface area contributed by atoms with Gasteiger partial charge in [-0.3, -0.25) is 14.5 Å². The molecule has 0 radical (unpaired) electrons. The zero-order valence-corrected chi connectivity index (χ0v) is 29.3. The quantitative estimate of drug-likeness (QED) is 0.130. The lowest BCUT2D eigenvalue weighted by molar-refractivity contribution is -0.116. The molecule has 0 saturated carbocycles. The molecule has 2 heterocycles. The van der Waals surface area contributed by atoms with Crippen LogP contribution < -0.4 is 24.0 Å². The van der Waals surface area contributed by atoms with Crippen LogP contribution >= 0.6 is 0 Å². The van der Waals surface area contributed by atoms with Gasteiger partial charge in [-0.2, -0.15) is 9.97 Å². The maximum absolute atomic E-state index is 13.5. The highest BCUT2D eigenvalue weighted by Crippen LogP contribution is 2.34. The van der Waals surface area contributed by atoms with E-state index in [1.54, 1.807) is 31.1 Å². The molecule has 0 spiro atoms. The molecule has 0 atom stereocenters. The highest BCUT2D eigenvalue weighted by molar-refractivity contribution is 5.99. The monoisotopic (exact) mass is 663 g/mol. The Hall–Kier alpha value is -5.38. The molecular weight excluding hydrogens is 618 g/mol. The van der Waals surface area contributed by atoms with Crippen LogP contribution in [0.2, 0.25) is 0 Å². The summed E-state index contributed by atoms with van der Waals surface area (Å²) in [6.45, 7) is 11.6. The number of allylic oxidation sites excluding steroid dienone is 1. The van der Waals surface area contributed by atoms with Crippen LogP contribution in [0, 0.1) is 6.92 Å². The molecule has 0 bridgehead atoms. The van der Waals surface area contributed by atoms with Crippen LogP contribution in [0.1, 0.15) is 64.0 Å². The number of aromatic nitrogens is 2. The maximum atomic E-state index is 13.5. The first kappa shape index (κ1) is 34.9. The Bertz CT molecular complexity index is 1760. The maximum Gasteiger partial charge on any atom is 0.320 e. The number of amides is 2. The highest BCUT2D eigenvalue weighted by atomic mass is 16.5. The minimum atomic E-state index is -0.194. The van der Waals surface area contributed by atoms with E-state index in [9.17, 15) is 9.59 Å². The fraction of sp³-hybridized carbons (Fsp3) is 0.333. The average molecular weight is 664 g/mol. The normalized spacial score (nSPS) is 12.0. The second-order valence-corrected chi connectivity index (χ2v) is 12.2. The summed E-state index contributed by atoms with van der Waals surface area (Å²) in [5.74, 6) is 2.42. The largest absolute Gasteiger partial charge is 0.497 e. The van der Waals surface area contributed by atoms with Gasteiger partial charge in [0.15, 0.2) is 0 Å². The molecule has 49 heavy (non-hydrogen) atoms. The minimum absolute atomic E-state index is 0.0278. The molecule has 5 rings (SSSR count). The Balaban J connectivity index is 1.60. The van der Waals surface area contributed by atoms with Crippen LogP contribution in [-0.4, -0.2) is 54.6 Å². The van der Waals surface area contributed by atoms with Gasteiger partial charge in [0, 0.05) is 44.7 Å². The minimum Gasteiger partial charge on any atom is -0.497 e. The van der Waals surface area contributed by atoms with E-state index in [2.05, 4.69) is 17.5 Å². The van der Waals surface area contributed by atoms with Crippen molar-refractivity contribution < 1.29 is 23.8 Å². The van der Waals surface area contributed by atoms with Crippen molar-refractivity contribution in [2.75, 3.05) is 37.7 Å². The second-order valence-electron chi connectivity index (χ2n) is 12.2. The number of benzene rings is 3. The van der Waals surface area contributed by atoms with Crippen molar-refractivity contribution in [2.24, 2.45) is 0 Å². The lowest BCUT2D eigenvalue weighted by Crippen LogP contribution is -2.31. The van der Waals surface area contributed by atoms with Crippen LogP contribution in [0.3, 0.4) is 0 Å². The lowest BCUT2D eigenvalue weighted by atomic mass is 9.97. The fourth-order valence-corrected chi connectivity index (χ4v) is 6.05. The van der Waals surface area contributed by atoms with Gasteiger partial charge >= 0.3 is 6.01 Å². The molecule has 0 unspecified atom stereocenters. The molecule has 1 aliphatic rings. The van der Waals surface area contributed by atoms with Gasteiger partial charge in [0.1, 0.15) is 23.1 Å². The number of anilines is 2.